The minimum atomic E-state index is -0.467. The van der Waals surface area contributed by atoms with E-state index in [0.29, 0.717) is 6.61 Å². The summed E-state index contributed by atoms with van der Waals surface area (Å²) in [5.74, 6) is 0.294. The normalized spacial score (nSPS) is 9.56. The molecule has 0 bridgehead atoms. The highest BCUT2D eigenvalue weighted by molar-refractivity contribution is 5.65. The Morgan fingerprint density at radius 3 is 2.62 bits per heavy atom. The highest BCUT2D eigenvalue weighted by Gasteiger charge is 1.97. The summed E-state index contributed by atoms with van der Waals surface area (Å²) >= 11 is 0. The first kappa shape index (κ1) is 12.3. The molecule has 1 rings (SSSR count). The van der Waals surface area contributed by atoms with Gasteiger partial charge in [-0.1, -0.05) is 24.8 Å². The first-order valence-corrected chi connectivity index (χ1v) is 4.85. The molecule has 16 heavy (non-hydrogen) atoms. The van der Waals surface area contributed by atoms with E-state index in [9.17, 15) is 4.79 Å². The summed E-state index contributed by atoms with van der Waals surface area (Å²) in [5.41, 5.74) is 0.896. The molecule has 0 saturated heterocycles. The third kappa shape index (κ3) is 4.61. The smallest absolute Gasteiger partial charge is 0.339 e. The van der Waals surface area contributed by atoms with E-state index < -0.39 is 5.97 Å². The van der Waals surface area contributed by atoms with E-state index in [1.165, 1.54) is 6.92 Å². The number of hydrogen-bond acceptors (Lipinski definition) is 4. The Hall–Kier alpha value is -1.81. The molecule has 1 aromatic carbocycles. The van der Waals surface area contributed by atoms with Crippen LogP contribution in [0.1, 0.15) is 12.5 Å². The van der Waals surface area contributed by atoms with Crippen molar-refractivity contribution in [3.8, 4) is 5.75 Å². The minimum Gasteiger partial charge on any atom is -0.490 e. The van der Waals surface area contributed by atoms with Crippen molar-refractivity contribution in [2.75, 3.05) is 6.61 Å². The molecule has 0 heterocycles. The Morgan fingerprint density at radius 2 is 2.06 bits per heavy atom. The van der Waals surface area contributed by atoms with Crippen LogP contribution < -0.4 is 4.74 Å². The highest BCUT2D eigenvalue weighted by Crippen LogP contribution is 2.12. The van der Waals surface area contributed by atoms with Gasteiger partial charge in [0, 0.05) is 6.92 Å². The molecule has 0 aromatic heterocycles. The molecular formula is C12H14O4. The van der Waals surface area contributed by atoms with E-state index in [0.717, 1.165) is 11.3 Å². The summed E-state index contributed by atoms with van der Waals surface area (Å²) in [6, 6.07) is 7.30. The molecule has 4 nitrogen and oxygen atoms in total. The van der Waals surface area contributed by atoms with Crippen LogP contribution in [0.3, 0.4) is 0 Å². The van der Waals surface area contributed by atoms with Crippen molar-refractivity contribution in [3.63, 3.8) is 0 Å². The number of benzene rings is 1. The predicted molar refractivity (Wildman–Crippen MR) is 58.7 cm³/mol. The lowest BCUT2D eigenvalue weighted by atomic mass is 10.2. The molecular weight excluding hydrogens is 208 g/mol. The SMILES string of the molecule is C=CCOc1ccc(COOC(C)=O)cc1. The van der Waals surface area contributed by atoms with E-state index >= 15 is 0 Å². The van der Waals surface area contributed by atoms with Crippen molar-refractivity contribution < 1.29 is 19.3 Å². The topological polar surface area (TPSA) is 44.8 Å². The van der Waals surface area contributed by atoms with Crippen LogP contribution in [0.5, 0.6) is 5.75 Å². The van der Waals surface area contributed by atoms with Crippen molar-refractivity contribution >= 4 is 5.97 Å². The second kappa shape index (κ2) is 6.63. The van der Waals surface area contributed by atoms with E-state index in [4.69, 9.17) is 9.62 Å². The van der Waals surface area contributed by atoms with Crippen LogP contribution in [-0.2, 0) is 21.2 Å². The summed E-state index contributed by atoms with van der Waals surface area (Å²) in [5, 5.41) is 0. The molecule has 0 unspecified atom stereocenters. The number of hydrogen-bond donors (Lipinski definition) is 0. The monoisotopic (exact) mass is 222 g/mol. The molecule has 0 saturated carbocycles. The van der Waals surface area contributed by atoms with Crippen LogP contribution in [0.2, 0.25) is 0 Å². The molecule has 0 aliphatic rings. The zero-order valence-electron chi connectivity index (χ0n) is 9.14. The van der Waals surface area contributed by atoms with Gasteiger partial charge in [-0.15, -0.1) is 0 Å². The standard InChI is InChI=1S/C12H14O4/c1-3-8-14-12-6-4-11(5-7-12)9-15-16-10(2)13/h3-7H,1,8-9H2,2H3. The summed E-state index contributed by atoms with van der Waals surface area (Å²) in [7, 11) is 0. The van der Waals surface area contributed by atoms with Gasteiger partial charge in [0.25, 0.3) is 0 Å². The second-order valence-corrected chi connectivity index (χ2v) is 3.08. The van der Waals surface area contributed by atoms with Crippen LogP contribution >= 0.6 is 0 Å². The third-order valence-electron chi connectivity index (χ3n) is 1.69. The lowest BCUT2D eigenvalue weighted by molar-refractivity contribution is -0.277. The van der Waals surface area contributed by atoms with Crippen molar-refractivity contribution in [1.82, 2.24) is 0 Å². The molecule has 0 fully saturated rings. The molecule has 86 valence electrons. The first-order valence-electron chi connectivity index (χ1n) is 4.85. The summed E-state index contributed by atoms with van der Waals surface area (Å²) < 4.78 is 5.31. The van der Waals surface area contributed by atoms with Gasteiger partial charge < -0.3 is 4.74 Å². The van der Waals surface area contributed by atoms with E-state index in [-0.39, 0.29) is 6.61 Å². The molecule has 0 N–H and O–H groups in total. The Morgan fingerprint density at radius 1 is 1.38 bits per heavy atom. The Balaban J connectivity index is 2.38. The van der Waals surface area contributed by atoms with Crippen LogP contribution in [0, 0.1) is 0 Å². The van der Waals surface area contributed by atoms with Gasteiger partial charge in [-0.05, 0) is 17.7 Å². The maximum atomic E-state index is 10.4. The number of carbonyl (C=O) groups excluding carboxylic acids is 1. The minimum absolute atomic E-state index is 0.224. The Labute approximate surface area is 94.4 Å². The molecule has 4 heteroatoms. The van der Waals surface area contributed by atoms with Crippen molar-refractivity contribution in [2.45, 2.75) is 13.5 Å². The fourth-order valence-electron chi connectivity index (χ4n) is 1.02. The second-order valence-electron chi connectivity index (χ2n) is 3.08. The molecule has 1 aromatic rings. The van der Waals surface area contributed by atoms with Gasteiger partial charge in [0.05, 0.1) is 0 Å². The maximum absolute atomic E-state index is 10.4. The predicted octanol–water partition coefficient (Wildman–Crippen LogP) is 2.25. The lowest BCUT2D eigenvalue weighted by Crippen LogP contribution is -2.00. The summed E-state index contributed by atoms with van der Waals surface area (Å²) in [6.07, 6.45) is 1.68. The van der Waals surface area contributed by atoms with E-state index in [1.807, 2.05) is 24.3 Å². The van der Waals surface area contributed by atoms with Gasteiger partial charge in [0.15, 0.2) is 0 Å². The first-order chi connectivity index (χ1) is 7.72. The van der Waals surface area contributed by atoms with E-state index in [2.05, 4.69) is 11.5 Å². The molecule has 0 aliphatic carbocycles. The quantitative estimate of drug-likeness (QED) is 0.420. The zero-order chi connectivity index (χ0) is 11.8. The highest BCUT2D eigenvalue weighted by atomic mass is 17.2. The zero-order valence-corrected chi connectivity index (χ0v) is 9.14. The van der Waals surface area contributed by atoms with Gasteiger partial charge in [0.2, 0.25) is 0 Å². The average molecular weight is 222 g/mol. The van der Waals surface area contributed by atoms with Crippen LogP contribution in [0.15, 0.2) is 36.9 Å². The van der Waals surface area contributed by atoms with E-state index in [1.54, 1.807) is 6.08 Å². The Kier molecular flexibility index (Phi) is 5.08. The number of ether oxygens (including phenoxy) is 1. The maximum Gasteiger partial charge on any atom is 0.339 e. The van der Waals surface area contributed by atoms with Crippen LogP contribution in [0.4, 0.5) is 0 Å². The van der Waals surface area contributed by atoms with Crippen LogP contribution in [-0.4, -0.2) is 12.6 Å². The molecule has 0 amide bonds. The average Bonchev–Trinajstić information content (AvgIpc) is 2.27. The fourth-order valence-corrected chi connectivity index (χ4v) is 1.02. The van der Waals surface area contributed by atoms with Crippen LogP contribution in [0.25, 0.3) is 0 Å². The largest absolute Gasteiger partial charge is 0.490 e. The van der Waals surface area contributed by atoms with Gasteiger partial charge in [-0.2, -0.15) is 4.89 Å². The van der Waals surface area contributed by atoms with Crippen molar-refractivity contribution in [3.05, 3.63) is 42.5 Å². The summed E-state index contributed by atoms with van der Waals surface area (Å²) in [6.45, 7) is 5.54. The van der Waals surface area contributed by atoms with Gasteiger partial charge in [0.1, 0.15) is 19.0 Å². The molecule has 0 aliphatic heterocycles. The Bertz CT molecular complexity index is 343. The fraction of sp³-hybridized carbons (Fsp3) is 0.250. The van der Waals surface area contributed by atoms with Crippen molar-refractivity contribution in [2.24, 2.45) is 0 Å². The number of rotatable bonds is 6. The summed E-state index contributed by atoms with van der Waals surface area (Å²) in [4.78, 5) is 19.5. The molecule has 0 atom stereocenters. The lowest BCUT2D eigenvalue weighted by Gasteiger charge is -2.04. The third-order valence-corrected chi connectivity index (χ3v) is 1.69. The molecule has 0 spiro atoms. The van der Waals surface area contributed by atoms with Gasteiger partial charge >= 0.3 is 5.97 Å². The molecule has 0 radical (unpaired) electrons. The van der Waals surface area contributed by atoms with Gasteiger partial charge in [-0.25, -0.2) is 4.79 Å². The van der Waals surface area contributed by atoms with Gasteiger partial charge in [-0.3, -0.25) is 4.89 Å². The van der Waals surface area contributed by atoms with Crippen molar-refractivity contribution in [1.29, 1.82) is 0 Å². The number of carbonyl (C=O) groups is 1.